The molecule has 0 bridgehead atoms. The zero-order valence-electron chi connectivity index (χ0n) is 16.5. The number of nitrogens with zero attached hydrogens (tertiary/aromatic N) is 1. The number of aliphatic hydroxyl groups is 1. The lowest BCUT2D eigenvalue weighted by Gasteiger charge is -2.21. The number of carbonyl (C=O) groups is 1. The van der Waals surface area contributed by atoms with Crippen molar-refractivity contribution in [1.82, 2.24) is 4.57 Å². The van der Waals surface area contributed by atoms with E-state index in [1.165, 1.54) is 24.0 Å². The molecule has 0 radical (unpaired) electrons. The molecule has 158 valence electrons. The summed E-state index contributed by atoms with van der Waals surface area (Å²) < 4.78 is 16.1. The van der Waals surface area contributed by atoms with E-state index in [0.717, 1.165) is 4.90 Å². The minimum absolute atomic E-state index is 0.0169. The van der Waals surface area contributed by atoms with Crippen LogP contribution in [-0.2, 0) is 6.42 Å². The molecule has 8 heteroatoms. The van der Waals surface area contributed by atoms with Crippen molar-refractivity contribution in [1.29, 1.82) is 0 Å². The molecule has 30 heavy (non-hydrogen) atoms. The molecule has 1 heterocycles. The van der Waals surface area contributed by atoms with E-state index in [0.29, 0.717) is 23.1 Å². The van der Waals surface area contributed by atoms with Gasteiger partial charge < -0.3 is 14.8 Å². The van der Waals surface area contributed by atoms with Crippen molar-refractivity contribution in [3.05, 3.63) is 74.3 Å². The van der Waals surface area contributed by atoms with E-state index in [9.17, 15) is 24.2 Å². The summed E-state index contributed by atoms with van der Waals surface area (Å²) in [6.45, 7) is 1.68. The average molecular weight is 450 g/mol. The molecule has 0 saturated heterocycles. The lowest BCUT2D eigenvalue weighted by molar-refractivity contribution is 0.0694. The van der Waals surface area contributed by atoms with E-state index < -0.39 is 17.2 Å². The fraction of sp³-hybridized carbons (Fsp3) is 0.273. The second-order valence-electron chi connectivity index (χ2n) is 6.90. The first-order chi connectivity index (χ1) is 14.3. The van der Waals surface area contributed by atoms with E-state index in [4.69, 9.17) is 11.6 Å². The van der Waals surface area contributed by atoms with Crippen LogP contribution in [-0.4, -0.2) is 33.6 Å². The van der Waals surface area contributed by atoms with Gasteiger partial charge in [0.1, 0.15) is 11.4 Å². The Labute approximate surface area is 182 Å². The maximum Gasteiger partial charge on any atom is 0.341 e. The van der Waals surface area contributed by atoms with E-state index in [2.05, 4.69) is 0 Å². The molecule has 0 aliphatic carbocycles. The van der Waals surface area contributed by atoms with Gasteiger partial charge in [0, 0.05) is 22.9 Å². The molecule has 0 amide bonds. The van der Waals surface area contributed by atoms with Crippen LogP contribution < -0.4 is 5.43 Å². The molecule has 3 rings (SSSR count). The highest BCUT2D eigenvalue weighted by Gasteiger charge is 2.20. The first-order valence-electron chi connectivity index (χ1n) is 9.35. The summed E-state index contributed by atoms with van der Waals surface area (Å²) in [6.07, 6.45) is 3.91. The molecule has 0 aliphatic rings. The van der Waals surface area contributed by atoms with Crippen molar-refractivity contribution < 1.29 is 19.4 Å². The number of rotatable bonds is 7. The van der Waals surface area contributed by atoms with Crippen LogP contribution in [0.2, 0.25) is 5.02 Å². The number of carboxylic acid groups (broad SMARTS) is 1. The highest BCUT2D eigenvalue weighted by atomic mass is 35.5. The molecule has 0 fully saturated rings. The van der Waals surface area contributed by atoms with E-state index in [-0.39, 0.29) is 35.0 Å². The number of halogens is 2. The van der Waals surface area contributed by atoms with E-state index in [1.54, 1.807) is 28.8 Å². The van der Waals surface area contributed by atoms with Gasteiger partial charge in [-0.3, -0.25) is 4.79 Å². The monoisotopic (exact) mass is 449 g/mol. The molecule has 1 atom stereocenters. The van der Waals surface area contributed by atoms with Crippen LogP contribution in [0.15, 0.2) is 46.2 Å². The zero-order chi connectivity index (χ0) is 22.0. The Hall–Kier alpha value is -2.35. The van der Waals surface area contributed by atoms with Gasteiger partial charge in [0.25, 0.3) is 0 Å². The number of fused-ring (bicyclic) bond motifs is 1. The number of pyridine rings is 1. The van der Waals surface area contributed by atoms with Gasteiger partial charge in [0.15, 0.2) is 0 Å². The van der Waals surface area contributed by atoms with E-state index in [1.807, 2.05) is 13.2 Å². The summed E-state index contributed by atoms with van der Waals surface area (Å²) in [6, 6.07) is 7.79. The highest BCUT2D eigenvalue weighted by Crippen LogP contribution is 2.31. The molecule has 2 N–H and O–H groups in total. The van der Waals surface area contributed by atoms with Crippen LogP contribution in [0.25, 0.3) is 10.9 Å². The van der Waals surface area contributed by atoms with Crippen molar-refractivity contribution in [3.8, 4) is 0 Å². The van der Waals surface area contributed by atoms with Crippen molar-refractivity contribution in [2.75, 3.05) is 12.9 Å². The summed E-state index contributed by atoms with van der Waals surface area (Å²) in [5, 5.41) is 19.5. The number of carboxylic acids is 1. The van der Waals surface area contributed by atoms with Crippen molar-refractivity contribution in [2.24, 2.45) is 0 Å². The number of thioether (sulfide) groups is 1. The predicted octanol–water partition coefficient (Wildman–Crippen LogP) is 4.75. The lowest BCUT2D eigenvalue weighted by Crippen LogP contribution is -2.22. The Bertz CT molecular complexity index is 1170. The summed E-state index contributed by atoms with van der Waals surface area (Å²) in [7, 11) is 0. The molecule has 0 saturated carbocycles. The third-order valence-electron chi connectivity index (χ3n) is 5.15. The Kier molecular flexibility index (Phi) is 6.85. The maximum absolute atomic E-state index is 14.4. The summed E-state index contributed by atoms with van der Waals surface area (Å²) >= 11 is 7.34. The molecule has 2 aromatic carbocycles. The van der Waals surface area contributed by atoms with Crippen molar-refractivity contribution in [3.63, 3.8) is 0 Å². The Morgan fingerprint density at radius 2 is 2.03 bits per heavy atom. The SMILES string of the molecule is CCC(CO)n1cc(C(=O)O)c(=O)c2cc(Cc3cccc(Cl)c3F)c(SC)cc21. The topological polar surface area (TPSA) is 79.5 Å². The van der Waals surface area contributed by atoms with Crippen LogP contribution in [0.1, 0.15) is 40.9 Å². The first kappa shape index (κ1) is 22.3. The van der Waals surface area contributed by atoms with Crippen molar-refractivity contribution in [2.45, 2.75) is 30.7 Å². The van der Waals surface area contributed by atoms with Gasteiger partial charge >= 0.3 is 5.97 Å². The lowest BCUT2D eigenvalue weighted by atomic mass is 10.0. The third kappa shape index (κ3) is 4.10. The second kappa shape index (κ2) is 9.20. The molecule has 0 aliphatic heterocycles. The zero-order valence-corrected chi connectivity index (χ0v) is 18.1. The van der Waals surface area contributed by atoms with E-state index >= 15 is 0 Å². The van der Waals surface area contributed by atoms with Gasteiger partial charge in [0.2, 0.25) is 5.43 Å². The van der Waals surface area contributed by atoms with Gasteiger partial charge in [-0.25, -0.2) is 9.18 Å². The van der Waals surface area contributed by atoms with Gasteiger partial charge in [0.05, 0.1) is 23.2 Å². The smallest absolute Gasteiger partial charge is 0.341 e. The molecule has 1 unspecified atom stereocenters. The normalized spacial score (nSPS) is 12.3. The molecule has 1 aromatic heterocycles. The fourth-order valence-corrected chi connectivity index (χ4v) is 4.33. The standard InChI is InChI=1S/C22H21ClFNO4S/c1-3-14(11-26)25-10-16(22(28)29)21(27)15-8-13(19(30-2)9-18(15)25)7-12-5-4-6-17(23)20(12)24/h4-6,8-10,14,26H,3,7,11H2,1-2H3,(H,28,29). The minimum Gasteiger partial charge on any atom is -0.477 e. The van der Waals surface area contributed by atoms with Crippen LogP contribution in [0, 0.1) is 5.82 Å². The van der Waals surface area contributed by atoms with Crippen LogP contribution in [0.3, 0.4) is 0 Å². The fourth-order valence-electron chi connectivity index (χ4n) is 3.51. The van der Waals surface area contributed by atoms with Crippen molar-refractivity contribution >= 4 is 40.2 Å². The summed E-state index contributed by atoms with van der Waals surface area (Å²) in [5.74, 6) is -1.85. The van der Waals surface area contributed by atoms with Gasteiger partial charge in [-0.2, -0.15) is 0 Å². The third-order valence-corrected chi connectivity index (χ3v) is 6.26. The molecular weight excluding hydrogens is 429 g/mol. The molecule has 5 nitrogen and oxygen atoms in total. The van der Waals surface area contributed by atoms with Gasteiger partial charge in [-0.15, -0.1) is 11.8 Å². The number of hydrogen-bond acceptors (Lipinski definition) is 4. The number of aromatic nitrogens is 1. The Balaban J connectivity index is 2.31. The number of aromatic carboxylic acids is 1. The van der Waals surface area contributed by atoms with Crippen LogP contribution >= 0.6 is 23.4 Å². The van der Waals surface area contributed by atoms with Gasteiger partial charge in [-0.05, 0) is 42.0 Å². The first-order valence-corrected chi connectivity index (χ1v) is 10.9. The summed E-state index contributed by atoms with van der Waals surface area (Å²) in [5.41, 5.74) is 0.631. The largest absolute Gasteiger partial charge is 0.477 e. The summed E-state index contributed by atoms with van der Waals surface area (Å²) in [4.78, 5) is 25.4. The average Bonchev–Trinajstić information content (AvgIpc) is 2.73. The number of hydrogen-bond donors (Lipinski definition) is 2. The minimum atomic E-state index is -1.33. The van der Waals surface area contributed by atoms with Gasteiger partial charge in [-0.1, -0.05) is 30.7 Å². The van der Waals surface area contributed by atoms with Crippen LogP contribution in [0.4, 0.5) is 4.39 Å². The Morgan fingerprint density at radius 3 is 2.63 bits per heavy atom. The molecule has 3 aromatic rings. The number of benzene rings is 2. The van der Waals surface area contributed by atoms with Crippen LogP contribution in [0.5, 0.6) is 0 Å². The highest BCUT2D eigenvalue weighted by molar-refractivity contribution is 7.98. The Morgan fingerprint density at radius 1 is 1.30 bits per heavy atom. The second-order valence-corrected chi connectivity index (χ2v) is 8.16. The predicted molar refractivity (Wildman–Crippen MR) is 118 cm³/mol. The molecular formula is C22H21ClFNO4S. The number of aliphatic hydroxyl groups excluding tert-OH is 1. The molecule has 0 spiro atoms. The quantitative estimate of drug-likeness (QED) is 0.509. The maximum atomic E-state index is 14.4.